The number of hydrogen-bond acceptors (Lipinski definition) is 4. The van der Waals surface area contributed by atoms with Crippen molar-refractivity contribution < 1.29 is 4.74 Å². The summed E-state index contributed by atoms with van der Waals surface area (Å²) in [6.45, 7) is 9.52. The van der Waals surface area contributed by atoms with Gasteiger partial charge in [0.2, 0.25) is 0 Å². The van der Waals surface area contributed by atoms with E-state index in [1.807, 2.05) is 5.51 Å². The van der Waals surface area contributed by atoms with Gasteiger partial charge in [-0.1, -0.05) is 13.8 Å². The third-order valence-electron chi connectivity index (χ3n) is 3.69. The average molecular weight is 270 g/mol. The van der Waals surface area contributed by atoms with E-state index in [4.69, 9.17) is 4.74 Å². The Morgan fingerprint density at radius 1 is 1.50 bits per heavy atom. The molecule has 4 heteroatoms. The predicted octanol–water partition coefficient (Wildman–Crippen LogP) is 3.04. The summed E-state index contributed by atoms with van der Waals surface area (Å²) in [6, 6.07) is 0. The second-order valence-electron chi connectivity index (χ2n) is 5.19. The van der Waals surface area contributed by atoms with Gasteiger partial charge in [0.05, 0.1) is 17.8 Å². The van der Waals surface area contributed by atoms with Gasteiger partial charge in [-0.25, -0.2) is 4.98 Å². The average Bonchev–Trinajstić information content (AvgIpc) is 2.78. The molecule has 1 aromatic rings. The van der Waals surface area contributed by atoms with Gasteiger partial charge in [-0.15, -0.1) is 11.3 Å². The van der Waals surface area contributed by atoms with E-state index in [1.54, 1.807) is 18.4 Å². The largest absolute Gasteiger partial charge is 0.383 e. The molecule has 0 fully saturated rings. The Labute approximate surface area is 115 Å². The van der Waals surface area contributed by atoms with Gasteiger partial charge in [0.25, 0.3) is 0 Å². The van der Waals surface area contributed by atoms with Crippen molar-refractivity contribution in [3.63, 3.8) is 0 Å². The zero-order valence-corrected chi connectivity index (χ0v) is 12.9. The molecule has 1 atom stereocenters. The number of nitrogens with one attached hydrogen (secondary N) is 1. The standard InChI is InChI=1S/C14H26N2OS/c1-5-14(3,10-15-8-9-17-4)7-6-13-12(2)16-11-18-13/h11,15H,5-10H2,1-4H3. The Morgan fingerprint density at radius 3 is 2.83 bits per heavy atom. The van der Waals surface area contributed by atoms with Crippen molar-refractivity contribution in [3.05, 3.63) is 16.1 Å². The molecule has 1 unspecified atom stereocenters. The molecular weight excluding hydrogens is 244 g/mol. The van der Waals surface area contributed by atoms with Crippen LogP contribution in [0.3, 0.4) is 0 Å². The molecule has 1 aromatic heterocycles. The second-order valence-corrected chi connectivity index (χ2v) is 6.13. The highest BCUT2D eigenvalue weighted by atomic mass is 32.1. The Hall–Kier alpha value is -0.450. The predicted molar refractivity (Wildman–Crippen MR) is 78.3 cm³/mol. The third kappa shape index (κ3) is 5.04. The number of nitrogens with zero attached hydrogens (tertiary/aromatic N) is 1. The minimum absolute atomic E-state index is 0.365. The van der Waals surface area contributed by atoms with Crippen LogP contribution in [0.1, 0.15) is 37.3 Å². The lowest BCUT2D eigenvalue weighted by Crippen LogP contribution is -2.33. The van der Waals surface area contributed by atoms with Gasteiger partial charge in [0.15, 0.2) is 0 Å². The molecule has 0 spiro atoms. The topological polar surface area (TPSA) is 34.2 Å². The minimum atomic E-state index is 0.365. The number of rotatable bonds is 9. The molecule has 0 aliphatic heterocycles. The van der Waals surface area contributed by atoms with Crippen LogP contribution in [0.2, 0.25) is 0 Å². The highest BCUT2D eigenvalue weighted by molar-refractivity contribution is 7.09. The van der Waals surface area contributed by atoms with Crippen LogP contribution in [-0.2, 0) is 11.2 Å². The van der Waals surface area contributed by atoms with Crippen LogP contribution in [0.4, 0.5) is 0 Å². The maximum absolute atomic E-state index is 5.06. The zero-order chi connectivity index (χ0) is 13.4. The lowest BCUT2D eigenvalue weighted by molar-refractivity contribution is 0.189. The van der Waals surface area contributed by atoms with Crippen molar-refractivity contribution in [2.45, 2.75) is 40.0 Å². The lowest BCUT2D eigenvalue weighted by Gasteiger charge is -2.28. The monoisotopic (exact) mass is 270 g/mol. The molecule has 1 N–H and O–H groups in total. The molecular formula is C14H26N2OS. The first kappa shape index (κ1) is 15.6. The maximum Gasteiger partial charge on any atom is 0.0797 e. The van der Waals surface area contributed by atoms with Gasteiger partial charge < -0.3 is 10.1 Å². The fraction of sp³-hybridized carbons (Fsp3) is 0.786. The molecule has 0 aliphatic rings. The summed E-state index contributed by atoms with van der Waals surface area (Å²) in [4.78, 5) is 5.75. The maximum atomic E-state index is 5.06. The van der Waals surface area contributed by atoms with E-state index in [0.717, 1.165) is 26.1 Å². The van der Waals surface area contributed by atoms with E-state index in [9.17, 15) is 0 Å². The zero-order valence-electron chi connectivity index (χ0n) is 12.1. The number of aryl methyl sites for hydroxylation is 2. The quantitative estimate of drug-likeness (QED) is 0.700. The van der Waals surface area contributed by atoms with Crippen molar-refractivity contribution in [2.75, 3.05) is 26.8 Å². The van der Waals surface area contributed by atoms with Gasteiger partial charge in [0, 0.05) is 25.1 Å². The summed E-state index contributed by atoms with van der Waals surface area (Å²) in [5, 5.41) is 3.49. The molecule has 0 bridgehead atoms. The fourth-order valence-electron chi connectivity index (χ4n) is 1.94. The fourth-order valence-corrected chi connectivity index (χ4v) is 2.72. The molecule has 18 heavy (non-hydrogen) atoms. The van der Waals surface area contributed by atoms with E-state index in [-0.39, 0.29) is 0 Å². The van der Waals surface area contributed by atoms with Gasteiger partial charge >= 0.3 is 0 Å². The van der Waals surface area contributed by atoms with Crippen molar-refractivity contribution in [3.8, 4) is 0 Å². The summed E-state index contributed by atoms with van der Waals surface area (Å²) in [6.07, 6.45) is 3.56. The highest BCUT2D eigenvalue weighted by Crippen LogP contribution is 2.28. The van der Waals surface area contributed by atoms with Crippen molar-refractivity contribution in [1.82, 2.24) is 10.3 Å². The first-order valence-electron chi connectivity index (χ1n) is 6.70. The second kappa shape index (κ2) is 7.87. The van der Waals surface area contributed by atoms with E-state index < -0.39 is 0 Å². The number of aromatic nitrogens is 1. The number of hydrogen-bond donors (Lipinski definition) is 1. The number of ether oxygens (including phenoxy) is 1. The summed E-state index contributed by atoms with van der Waals surface area (Å²) in [5.74, 6) is 0. The van der Waals surface area contributed by atoms with Crippen LogP contribution in [0, 0.1) is 12.3 Å². The van der Waals surface area contributed by atoms with E-state index in [1.165, 1.54) is 23.4 Å². The van der Waals surface area contributed by atoms with Crippen LogP contribution in [0.25, 0.3) is 0 Å². The van der Waals surface area contributed by atoms with E-state index in [0.29, 0.717) is 5.41 Å². The van der Waals surface area contributed by atoms with Gasteiger partial charge in [-0.2, -0.15) is 0 Å². The molecule has 104 valence electrons. The van der Waals surface area contributed by atoms with Crippen LogP contribution >= 0.6 is 11.3 Å². The number of thiazole rings is 1. The lowest BCUT2D eigenvalue weighted by atomic mass is 9.82. The molecule has 0 aliphatic carbocycles. The molecule has 0 aromatic carbocycles. The van der Waals surface area contributed by atoms with Crippen LogP contribution in [0.5, 0.6) is 0 Å². The molecule has 0 radical (unpaired) electrons. The van der Waals surface area contributed by atoms with Gasteiger partial charge in [-0.3, -0.25) is 0 Å². The first-order valence-corrected chi connectivity index (χ1v) is 7.58. The summed E-state index contributed by atoms with van der Waals surface area (Å²) in [7, 11) is 1.74. The van der Waals surface area contributed by atoms with Crippen molar-refractivity contribution in [2.24, 2.45) is 5.41 Å². The SMILES string of the molecule is CCC(C)(CCc1scnc1C)CNCCOC. The third-order valence-corrected chi connectivity index (χ3v) is 4.68. The first-order chi connectivity index (χ1) is 8.61. The molecule has 1 heterocycles. The molecule has 1 rings (SSSR count). The van der Waals surface area contributed by atoms with Crippen molar-refractivity contribution >= 4 is 11.3 Å². The Balaban J connectivity index is 2.37. The smallest absolute Gasteiger partial charge is 0.0797 e. The molecule has 0 amide bonds. The van der Waals surface area contributed by atoms with E-state index in [2.05, 4.69) is 31.1 Å². The molecule has 0 saturated heterocycles. The Bertz CT molecular complexity index is 340. The number of methoxy groups -OCH3 is 1. The van der Waals surface area contributed by atoms with Crippen molar-refractivity contribution in [1.29, 1.82) is 0 Å². The Morgan fingerprint density at radius 2 is 2.28 bits per heavy atom. The Kier molecular flexibility index (Phi) is 6.82. The van der Waals surface area contributed by atoms with Gasteiger partial charge in [0.1, 0.15) is 0 Å². The normalized spacial score (nSPS) is 14.7. The van der Waals surface area contributed by atoms with Crippen LogP contribution in [-0.4, -0.2) is 31.8 Å². The van der Waals surface area contributed by atoms with Crippen LogP contribution < -0.4 is 5.32 Å². The summed E-state index contributed by atoms with van der Waals surface area (Å²) < 4.78 is 5.06. The van der Waals surface area contributed by atoms with E-state index >= 15 is 0 Å². The van der Waals surface area contributed by atoms with Crippen LogP contribution in [0.15, 0.2) is 5.51 Å². The highest BCUT2D eigenvalue weighted by Gasteiger charge is 2.22. The summed E-state index contributed by atoms with van der Waals surface area (Å²) in [5.41, 5.74) is 3.51. The molecule has 3 nitrogen and oxygen atoms in total. The summed E-state index contributed by atoms with van der Waals surface area (Å²) >= 11 is 1.78. The molecule has 0 saturated carbocycles. The van der Waals surface area contributed by atoms with Gasteiger partial charge in [-0.05, 0) is 31.6 Å². The minimum Gasteiger partial charge on any atom is -0.383 e.